The van der Waals surface area contributed by atoms with E-state index in [2.05, 4.69) is 0 Å². The van der Waals surface area contributed by atoms with Crippen LogP contribution in [-0.4, -0.2) is 60.7 Å². The number of halogens is 1. The Labute approximate surface area is 196 Å². The van der Waals surface area contributed by atoms with E-state index in [0.717, 1.165) is 51.6 Å². The van der Waals surface area contributed by atoms with Crippen LogP contribution in [0.15, 0.2) is 18.2 Å². The van der Waals surface area contributed by atoms with Crippen LogP contribution in [0, 0.1) is 17.2 Å². The molecule has 3 fully saturated rings. The van der Waals surface area contributed by atoms with Crippen LogP contribution in [0.2, 0.25) is 0 Å². The molecule has 0 N–H and O–H groups in total. The molecule has 0 unspecified atom stereocenters. The molecule has 1 aromatic rings. The first-order chi connectivity index (χ1) is 15.8. The average Bonchev–Trinajstić information content (AvgIpc) is 3.30. The molecule has 2 saturated heterocycles. The maximum absolute atomic E-state index is 14.4. The third-order valence-corrected chi connectivity index (χ3v) is 7.45. The summed E-state index contributed by atoms with van der Waals surface area (Å²) in [5.74, 6) is 0.461. The van der Waals surface area contributed by atoms with E-state index in [-0.39, 0.29) is 23.7 Å². The molecule has 0 radical (unpaired) electrons. The van der Waals surface area contributed by atoms with Gasteiger partial charge in [0.15, 0.2) is 0 Å². The van der Waals surface area contributed by atoms with Crippen LogP contribution in [0.1, 0.15) is 75.6 Å². The zero-order valence-corrected chi connectivity index (χ0v) is 20.0. The first kappa shape index (κ1) is 23.8. The van der Waals surface area contributed by atoms with Gasteiger partial charge >= 0.3 is 6.09 Å². The summed E-state index contributed by atoms with van der Waals surface area (Å²) in [5, 5.41) is 0. The molecule has 182 valence electrons. The molecule has 2 aliphatic heterocycles. The Hall–Kier alpha value is -2.31. The molecule has 1 spiro atoms. The van der Waals surface area contributed by atoms with Gasteiger partial charge in [0.2, 0.25) is 0 Å². The Morgan fingerprint density at radius 1 is 1.09 bits per heavy atom. The van der Waals surface area contributed by atoms with Crippen molar-refractivity contribution in [3.63, 3.8) is 0 Å². The molecular weight excluding hydrogens is 423 g/mol. The fourth-order valence-corrected chi connectivity index (χ4v) is 5.63. The monoisotopic (exact) mass is 460 g/mol. The van der Waals surface area contributed by atoms with Gasteiger partial charge in [-0.25, -0.2) is 9.18 Å². The van der Waals surface area contributed by atoms with E-state index < -0.39 is 5.82 Å². The van der Waals surface area contributed by atoms with Crippen LogP contribution in [0.4, 0.5) is 9.18 Å². The fraction of sp³-hybridized carbons (Fsp3) is 0.692. The van der Waals surface area contributed by atoms with E-state index >= 15 is 0 Å². The SMILES string of the molecule is CC(C)OC(=O)N1CCC2(CC1)CC(CCCOc1ccc(C(=O)N3CCCC3)c(F)c1)C2. The van der Waals surface area contributed by atoms with Crippen molar-refractivity contribution in [2.24, 2.45) is 11.3 Å². The van der Waals surface area contributed by atoms with Gasteiger partial charge in [0.05, 0.1) is 18.3 Å². The van der Waals surface area contributed by atoms with E-state index in [1.165, 1.54) is 18.9 Å². The fourth-order valence-electron chi connectivity index (χ4n) is 5.63. The topological polar surface area (TPSA) is 59.1 Å². The number of carbonyl (C=O) groups excluding carboxylic acids is 2. The Morgan fingerprint density at radius 2 is 1.79 bits per heavy atom. The van der Waals surface area contributed by atoms with Crippen LogP contribution in [-0.2, 0) is 4.74 Å². The molecule has 3 aliphatic rings. The normalized spacial score (nSPS) is 20.2. The van der Waals surface area contributed by atoms with Crippen molar-refractivity contribution in [2.45, 2.75) is 71.3 Å². The molecule has 1 aliphatic carbocycles. The van der Waals surface area contributed by atoms with Gasteiger partial charge in [0, 0.05) is 32.2 Å². The van der Waals surface area contributed by atoms with Crippen molar-refractivity contribution in [2.75, 3.05) is 32.8 Å². The minimum Gasteiger partial charge on any atom is -0.493 e. The van der Waals surface area contributed by atoms with Gasteiger partial charge in [-0.3, -0.25) is 4.79 Å². The summed E-state index contributed by atoms with van der Waals surface area (Å²) in [4.78, 5) is 28.0. The van der Waals surface area contributed by atoms with Gasteiger partial charge in [-0.15, -0.1) is 0 Å². The first-order valence-electron chi connectivity index (χ1n) is 12.5. The standard InChI is InChI=1S/C26H37FN2O4/c1-19(2)33-25(31)29-13-9-26(10-14-29)17-20(18-26)6-5-15-32-21-7-8-22(23(27)16-21)24(30)28-11-3-4-12-28/h7-8,16,19-20H,3-6,9-15,17-18H2,1-2H3. The molecule has 33 heavy (non-hydrogen) atoms. The predicted molar refractivity (Wildman–Crippen MR) is 124 cm³/mol. The van der Waals surface area contributed by atoms with Gasteiger partial charge in [-0.1, -0.05) is 0 Å². The Bertz CT molecular complexity index is 837. The zero-order valence-electron chi connectivity index (χ0n) is 20.0. The number of nitrogens with zero attached hydrogens (tertiary/aromatic N) is 2. The second-order valence-electron chi connectivity index (χ2n) is 10.3. The summed E-state index contributed by atoms with van der Waals surface area (Å²) in [6, 6.07) is 4.58. The zero-order chi connectivity index (χ0) is 23.4. The lowest BCUT2D eigenvalue weighted by atomic mass is 9.56. The van der Waals surface area contributed by atoms with Crippen LogP contribution >= 0.6 is 0 Å². The van der Waals surface area contributed by atoms with Crippen LogP contribution in [0.5, 0.6) is 5.75 Å². The number of likely N-dealkylation sites (tertiary alicyclic amines) is 2. The van der Waals surface area contributed by atoms with E-state index in [1.807, 2.05) is 18.7 Å². The number of hydrogen-bond acceptors (Lipinski definition) is 4. The lowest BCUT2D eigenvalue weighted by Gasteiger charge is -2.52. The van der Waals surface area contributed by atoms with Gasteiger partial charge in [0.1, 0.15) is 11.6 Å². The van der Waals surface area contributed by atoms with Gasteiger partial charge in [-0.05, 0) is 88.7 Å². The van der Waals surface area contributed by atoms with Gasteiger partial charge in [-0.2, -0.15) is 0 Å². The summed E-state index contributed by atoms with van der Waals surface area (Å²) in [5.41, 5.74) is 0.536. The molecule has 2 heterocycles. The summed E-state index contributed by atoms with van der Waals surface area (Å²) >= 11 is 0. The summed E-state index contributed by atoms with van der Waals surface area (Å²) in [6.45, 7) is 7.32. The van der Waals surface area contributed by atoms with Crippen molar-refractivity contribution >= 4 is 12.0 Å². The smallest absolute Gasteiger partial charge is 0.410 e. The minimum atomic E-state index is -0.506. The van der Waals surface area contributed by atoms with Crippen LogP contribution in [0.3, 0.4) is 0 Å². The maximum atomic E-state index is 14.4. The Morgan fingerprint density at radius 3 is 2.42 bits per heavy atom. The lowest BCUT2D eigenvalue weighted by molar-refractivity contribution is -0.0203. The van der Waals surface area contributed by atoms with E-state index in [4.69, 9.17) is 9.47 Å². The van der Waals surface area contributed by atoms with Crippen LogP contribution < -0.4 is 4.74 Å². The van der Waals surface area contributed by atoms with Crippen molar-refractivity contribution < 1.29 is 23.5 Å². The molecule has 1 aromatic carbocycles. The largest absolute Gasteiger partial charge is 0.493 e. The number of rotatable bonds is 7. The van der Waals surface area contributed by atoms with E-state index in [9.17, 15) is 14.0 Å². The quantitative estimate of drug-likeness (QED) is 0.521. The second kappa shape index (κ2) is 10.3. The number of carbonyl (C=O) groups is 2. The minimum absolute atomic E-state index is 0.0736. The van der Waals surface area contributed by atoms with E-state index in [1.54, 1.807) is 17.0 Å². The molecule has 2 amide bonds. The number of piperidine rings is 1. The van der Waals surface area contributed by atoms with Crippen molar-refractivity contribution in [3.8, 4) is 5.75 Å². The third-order valence-electron chi connectivity index (χ3n) is 7.45. The van der Waals surface area contributed by atoms with Crippen molar-refractivity contribution in [1.29, 1.82) is 0 Å². The molecule has 0 aromatic heterocycles. The number of benzene rings is 1. The Balaban J connectivity index is 1.13. The highest BCUT2D eigenvalue weighted by molar-refractivity contribution is 5.94. The lowest BCUT2D eigenvalue weighted by Crippen LogP contribution is -2.49. The maximum Gasteiger partial charge on any atom is 0.410 e. The third kappa shape index (κ3) is 5.79. The number of amides is 2. The highest BCUT2D eigenvalue weighted by Gasteiger charge is 2.46. The molecule has 4 rings (SSSR count). The number of ether oxygens (including phenoxy) is 2. The predicted octanol–water partition coefficient (Wildman–Crippen LogP) is 5.26. The summed E-state index contributed by atoms with van der Waals surface area (Å²) < 4.78 is 25.5. The molecule has 0 atom stereocenters. The van der Waals surface area contributed by atoms with Crippen molar-refractivity contribution in [3.05, 3.63) is 29.6 Å². The Kier molecular flexibility index (Phi) is 7.45. The van der Waals surface area contributed by atoms with Gasteiger partial charge in [0.25, 0.3) is 5.91 Å². The molecule has 7 heteroatoms. The van der Waals surface area contributed by atoms with Crippen molar-refractivity contribution in [1.82, 2.24) is 9.80 Å². The second-order valence-corrected chi connectivity index (χ2v) is 10.3. The summed E-state index contributed by atoms with van der Waals surface area (Å²) in [7, 11) is 0. The molecular formula is C26H37FN2O4. The van der Waals surface area contributed by atoms with E-state index in [0.29, 0.717) is 36.8 Å². The molecule has 6 nitrogen and oxygen atoms in total. The number of hydrogen-bond donors (Lipinski definition) is 0. The highest BCUT2D eigenvalue weighted by Crippen LogP contribution is 2.54. The first-order valence-corrected chi connectivity index (χ1v) is 12.5. The van der Waals surface area contributed by atoms with Crippen LogP contribution in [0.25, 0.3) is 0 Å². The highest BCUT2D eigenvalue weighted by atomic mass is 19.1. The molecule has 0 bridgehead atoms. The molecule has 1 saturated carbocycles. The van der Waals surface area contributed by atoms with Gasteiger partial charge < -0.3 is 19.3 Å². The summed E-state index contributed by atoms with van der Waals surface area (Å²) in [6.07, 6.45) is 8.34. The average molecular weight is 461 g/mol.